The van der Waals surface area contributed by atoms with Gasteiger partial charge in [0.25, 0.3) is 0 Å². The molecule has 0 atom stereocenters. The molecular weight excluding hydrogens is 184 g/mol. The van der Waals surface area contributed by atoms with Gasteiger partial charge in [-0.15, -0.1) is 0 Å². The maximum Gasteiger partial charge on any atom is 0.155 e. The molecule has 2 nitrogen and oxygen atoms in total. The van der Waals surface area contributed by atoms with Crippen LogP contribution >= 0.6 is 11.6 Å². The van der Waals surface area contributed by atoms with Crippen molar-refractivity contribution in [2.24, 2.45) is 0 Å². The van der Waals surface area contributed by atoms with Crippen molar-refractivity contribution in [1.29, 1.82) is 0 Å². The molecule has 3 heteroatoms. The summed E-state index contributed by atoms with van der Waals surface area (Å²) in [4.78, 5) is 4.21. The predicted molar refractivity (Wildman–Crippen MR) is 53.3 cm³/mol. The summed E-state index contributed by atoms with van der Waals surface area (Å²) in [6.45, 7) is 2.02. The van der Waals surface area contributed by atoms with Crippen molar-refractivity contribution in [3.63, 3.8) is 0 Å². The fourth-order valence-electron chi connectivity index (χ4n) is 1.26. The molecule has 2 rings (SSSR count). The van der Waals surface area contributed by atoms with Gasteiger partial charge in [0.15, 0.2) is 5.82 Å². The molecule has 13 heavy (non-hydrogen) atoms. The molecule has 0 amide bonds. The largest absolute Gasteiger partial charge is 0.305 e. The highest BCUT2D eigenvalue weighted by Gasteiger charge is 2.03. The molecule has 0 saturated heterocycles. The fourth-order valence-corrected chi connectivity index (χ4v) is 1.47. The quantitative estimate of drug-likeness (QED) is 0.680. The van der Waals surface area contributed by atoms with Gasteiger partial charge in [-0.1, -0.05) is 11.6 Å². The first-order chi connectivity index (χ1) is 6.29. The molecule has 0 aliphatic rings. The zero-order valence-electron chi connectivity index (χ0n) is 7.24. The van der Waals surface area contributed by atoms with Gasteiger partial charge in [-0.2, -0.15) is 0 Å². The highest BCUT2D eigenvalue weighted by atomic mass is 35.5. The van der Waals surface area contributed by atoms with E-state index < -0.39 is 0 Å². The van der Waals surface area contributed by atoms with Crippen LogP contribution in [-0.4, -0.2) is 9.55 Å². The molecule has 0 spiro atoms. The van der Waals surface area contributed by atoms with E-state index in [-0.39, 0.29) is 0 Å². The second kappa shape index (κ2) is 3.23. The number of rotatable bonds is 1. The van der Waals surface area contributed by atoms with Crippen LogP contribution in [0.5, 0.6) is 0 Å². The van der Waals surface area contributed by atoms with Gasteiger partial charge in [-0.3, -0.25) is 0 Å². The van der Waals surface area contributed by atoms with E-state index >= 15 is 0 Å². The van der Waals surface area contributed by atoms with Crippen LogP contribution in [-0.2, 0) is 0 Å². The first-order valence-electron chi connectivity index (χ1n) is 4.04. The highest BCUT2D eigenvalue weighted by Crippen LogP contribution is 2.18. The van der Waals surface area contributed by atoms with Crippen molar-refractivity contribution < 1.29 is 0 Å². The Morgan fingerprint density at radius 3 is 2.77 bits per heavy atom. The summed E-state index contributed by atoms with van der Waals surface area (Å²) in [6.07, 6.45) is 3.68. The summed E-state index contributed by atoms with van der Waals surface area (Å²) in [6, 6.07) is 7.65. The topological polar surface area (TPSA) is 17.8 Å². The Morgan fingerprint density at radius 1 is 1.31 bits per heavy atom. The third-order valence-electron chi connectivity index (χ3n) is 1.92. The minimum absolute atomic E-state index is 0.668. The van der Waals surface area contributed by atoms with E-state index in [1.54, 1.807) is 6.20 Å². The number of aromatic nitrogens is 2. The monoisotopic (exact) mass is 192 g/mol. The van der Waals surface area contributed by atoms with Crippen LogP contribution in [0.4, 0.5) is 0 Å². The maximum atomic E-state index is 6.00. The van der Waals surface area contributed by atoms with Crippen LogP contribution < -0.4 is 0 Å². The molecule has 0 aromatic carbocycles. The Bertz CT molecular complexity index is 420. The average Bonchev–Trinajstić information content (AvgIpc) is 2.52. The minimum atomic E-state index is 0.668. The van der Waals surface area contributed by atoms with Crippen LogP contribution in [0.15, 0.2) is 36.7 Å². The van der Waals surface area contributed by atoms with Gasteiger partial charge in [0, 0.05) is 18.1 Å². The molecule has 0 aliphatic carbocycles. The van der Waals surface area contributed by atoms with E-state index in [0.29, 0.717) is 5.02 Å². The predicted octanol–water partition coefficient (Wildman–Crippen LogP) is 2.83. The molecule has 2 heterocycles. The first-order valence-corrected chi connectivity index (χ1v) is 4.41. The second-order valence-corrected chi connectivity index (χ2v) is 3.24. The molecule has 0 bridgehead atoms. The highest BCUT2D eigenvalue weighted by molar-refractivity contribution is 6.32. The molecule has 0 N–H and O–H groups in total. The lowest BCUT2D eigenvalue weighted by Crippen LogP contribution is -1.97. The summed E-state index contributed by atoms with van der Waals surface area (Å²) in [5.74, 6) is 0.784. The Balaban J connectivity index is 2.59. The van der Waals surface area contributed by atoms with E-state index in [9.17, 15) is 0 Å². The number of pyridine rings is 1. The number of hydrogen-bond donors (Lipinski definition) is 0. The third kappa shape index (κ3) is 1.45. The van der Waals surface area contributed by atoms with Gasteiger partial charge in [-0.05, 0) is 31.2 Å². The van der Waals surface area contributed by atoms with Crippen molar-refractivity contribution in [3.8, 4) is 5.82 Å². The summed E-state index contributed by atoms with van der Waals surface area (Å²) in [5, 5.41) is 0.668. The van der Waals surface area contributed by atoms with E-state index in [1.165, 1.54) is 0 Å². The molecule has 2 aromatic rings. The Kier molecular flexibility index (Phi) is 2.07. The van der Waals surface area contributed by atoms with Crippen LogP contribution in [0.1, 0.15) is 5.69 Å². The number of aryl methyl sites for hydroxylation is 1. The summed E-state index contributed by atoms with van der Waals surface area (Å²) in [5.41, 5.74) is 1.13. The van der Waals surface area contributed by atoms with E-state index in [4.69, 9.17) is 11.6 Å². The lowest BCUT2D eigenvalue weighted by atomic mass is 10.4. The van der Waals surface area contributed by atoms with Gasteiger partial charge in [0.2, 0.25) is 0 Å². The van der Waals surface area contributed by atoms with Gasteiger partial charge < -0.3 is 4.57 Å². The molecule has 66 valence electrons. The lowest BCUT2D eigenvalue weighted by Gasteiger charge is -2.05. The van der Waals surface area contributed by atoms with Gasteiger partial charge >= 0.3 is 0 Å². The SMILES string of the molecule is Cc1cccn1-c1ncccc1Cl. The lowest BCUT2D eigenvalue weighted by molar-refractivity contribution is 0.962. The van der Waals surface area contributed by atoms with E-state index in [0.717, 1.165) is 11.5 Å². The molecule has 0 unspecified atom stereocenters. The van der Waals surface area contributed by atoms with E-state index in [2.05, 4.69) is 4.98 Å². The Morgan fingerprint density at radius 2 is 2.15 bits per heavy atom. The number of nitrogens with zero attached hydrogens (tertiary/aromatic N) is 2. The zero-order chi connectivity index (χ0) is 9.26. The maximum absolute atomic E-state index is 6.00. The second-order valence-electron chi connectivity index (χ2n) is 2.83. The number of halogens is 1. The fraction of sp³-hybridized carbons (Fsp3) is 0.100. The normalized spacial score (nSPS) is 10.3. The Labute approximate surface area is 81.8 Å². The third-order valence-corrected chi connectivity index (χ3v) is 2.21. The van der Waals surface area contributed by atoms with Crippen LogP contribution in [0, 0.1) is 6.92 Å². The van der Waals surface area contributed by atoms with Crippen molar-refractivity contribution in [3.05, 3.63) is 47.4 Å². The summed E-state index contributed by atoms with van der Waals surface area (Å²) in [7, 11) is 0. The van der Waals surface area contributed by atoms with Gasteiger partial charge in [0.1, 0.15) is 0 Å². The molecule has 0 radical (unpaired) electrons. The molecular formula is C10H9ClN2. The molecule has 0 saturated carbocycles. The average molecular weight is 193 g/mol. The first kappa shape index (κ1) is 8.32. The van der Waals surface area contributed by atoms with Crippen molar-refractivity contribution in [2.75, 3.05) is 0 Å². The molecule has 0 aliphatic heterocycles. The zero-order valence-corrected chi connectivity index (χ0v) is 7.99. The summed E-state index contributed by atoms with van der Waals surface area (Å²) < 4.78 is 1.96. The summed E-state index contributed by atoms with van der Waals surface area (Å²) >= 11 is 6.00. The van der Waals surface area contributed by atoms with Gasteiger partial charge in [0.05, 0.1) is 5.02 Å². The number of hydrogen-bond acceptors (Lipinski definition) is 1. The molecule has 0 fully saturated rings. The van der Waals surface area contributed by atoms with Gasteiger partial charge in [-0.25, -0.2) is 4.98 Å². The van der Waals surface area contributed by atoms with Crippen LogP contribution in [0.25, 0.3) is 5.82 Å². The Hall–Kier alpha value is -1.28. The van der Waals surface area contributed by atoms with E-state index in [1.807, 2.05) is 42.0 Å². The van der Waals surface area contributed by atoms with Crippen molar-refractivity contribution in [2.45, 2.75) is 6.92 Å². The minimum Gasteiger partial charge on any atom is -0.305 e. The van der Waals surface area contributed by atoms with Crippen molar-refractivity contribution >= 4 is 11.6 Å². The molecule has 2 aromatic heterocycles. The van der Waals surface area contributed by atoms with Crippen LogP contribution in [0.3, 0.4) is 0 Å². The standard InChI is InChI=1S/C10H9ClN2/c1-8-4-3-7-13(8)10-9(11)5-2-6-12-10/h2-7H,1H3. The smallest absolute Gasteiger partial charge is 0.155 e. The van der Waals surface area contributed by atoms with Crippen LogP contribution in [0.2, 0.25) is 5.02 Å². The van der Waals surface area contributed by atoms with Crippen molar-refractivity contribution in [1.82, 2.24) is 9.55 Å².